The lowest BCUT2D eigenvalue weighted by Crippen LogP contribution is -2.20. The molecule has 0 saturated carbocycles. The number of nitro benzene ring substituents is 1. The van der Waals surface area contributed by atoms with Crippen molar-refractivity contribution in [2.24, 2.45) is 0 Å². The number of anilines is 1. The number of halogens is 2. The van der Waals surface area contributed by atoms with Crippen molar-refractivity contribution in [2.45, 2.75) is 9.79 Å². The van der Waals surface area contributed by atoms with E-state index in [1.165, 1.54) is 42.5 Å². The van der Waals surface area contributed by atoms with Crippen LogP contribution in [0.2, 0.25) is 10.0 Å². The van der Waals surface area contributed by atoms with Crippen LogP contribution in [-0.2, 0) is 14.6 Å². The second-order valence-electron chi connectivity index (χ2n) is 7.12. The first kappa shape index (κ1) is 24.7. The fourth-order valence-corrected chi connectivity index (χ4v) is 6.00. The maximum Gasteiger partial charge on any atom is 0.311 e. The number of nitrogens with zero attached hydrogens (tertiary/aromatic N) is 1. The quantitative estimate of drug-likeness (QED) is 0.252. The molecule has 9 nitrogen and oxygen atoms in total. The molecule has 0 aliphatic carbocycles. The van der Waals surface area contributed by atoms with Crippen LogP contribution in [0.1, 0.15) is 15.9 Å². The fraction of sp³-hybridized carbons (Fsp3) is 0. The third kappa shape index (κ3) is 4.76. The van der Waals surface area contributed by atoms with Gasteiger partial charge < -0.3 is 10.4 Å². The molecule has 1 heterocycles. The Balaban J connectivity index is 1.66. The number of benzene rings is 3. The first-order valence-corrected chi connectivity index (χ1v) is 12.6. The van der Waals surface area contributed by atoms with E-state index in [-0.39, 0.29) is 31.1 Å². The molecular formula is C22H12Cl2N2O7S2. The van der Waals surface area contributed by atoms with E-state index < -0.39 is 37.2 Å². The summed E-state index contributed by atoms with van der Waals surface area (Å²) in [4.78, 5) is 36.0. The number of hydrogen-bond donors (Lipinski definition) is 2. The van der Waals surface area contributed by atoms with E-state index in [0.29, 0.717) is 10.5 Å². The second-order valence-corrected chi connectivity index (χ2v) is 10.9. The van der Waals surface area contributed by atoms with Gasteiger partial charge in [0.25, 0.3) is 11.0 Å². The van der Waals surface area contributed by atoms with E-state index in [0.717, 1.165) is 30.0 Å². The van der Waals surface area contributed by atoms with Crippen LogP contribution in [0.4, 0.5) is 11.4 Å². The molecule has 0 unspecified atom stereocenters. The standard InChI is InChI=1S/C22H12Cl2N2O7S2/c23-13-2-1-3-14(24)20(13)22(29)35(32,33)12-5-7-18-15(10-12)25-21(28)19(34-18)9-11-4-6-17(27)16(8-11)26(30)31/h1-10,27H,(H,25,28)/b19-9-. The van der Waals surface area contributed by atoms with E-state index in [9.17, 15) is 33.2 Å². The predicted octanol–water partition coefficient (Wildman–Crippen LogP) is 5.31. The number of hydrogen-bond acceptors (Lipinski definition) is 8. The van der Waals surface area contributed by atoms with Gasteiger partial charge in [-0.05, 0) is 48.0 Å². The molecule has 35 heavy (non-hydrogen) atoms. The topological polar surface area (TPSA) is 144 Å². The molecule has 1 aliphatic heterocycles. The van der Waals surface area contributed by atoms with Gasteiger partial charge in [0.05, 0.1) is 36.0 Å². The number of thioether (sulfide) groups is 1. The molecule has 0 aromatic heterocycles. The summed E-state index contributed by atoms with van der Waals surface area (Å²) in [6.45, 7) is 0. The molecule has 0 radical (unpaired) electrons. The average molecular weight is 551 g/mol. The summed E-state index contributed by atoms with van der Waals surface area (Å²) in [5.74, 6) is -1.10. The molecule has 2 N–H and O–H groups in total. The van der Waals surface area contributed by atoms with Crippen LogP contribution in [0.15, 0.2) is 69.3 Å². The number of amides is 1. The largest absolute Gasteiger partial charge is 0.502 e. The van der Waals surface area contributed by atoms with E-state index in [1.54, 1.807) is 0 Å². The highest BCUT2D eigenvalue weighted by molar-refractivity contribution is 8.06. The number of carbonyl (C=O) groups excluding carboxylic acids is 2. The van der Waals surface area contributed by atoms with Crippen LogP contribution >= 0.6 is 35.0 Å². The van der Waals surface area contributed by atoms with Gasteiger partial charge in [-0.2, -0.15) is 0 Å². The van der Waals surface area contributed by atoms with E-state index in [2.05, 4.69) is 5.32 Å². The summed E-state index contributed by atoms with van der Waals surface area (Å²) in [6.07, 6.45) is 1.39. The number of nitro groups is 1. The van der Waals surface area contributed by atoms with Crippen molar-refractivity contribution >= 4 is 73.3 Å². The zero-order valence-electron chi connectivity index (χ0n) is 17.2. The minimum Gasteiger partial charge on any atom is -0.502 e. The van der Waals surface area contributed by atoms with Gasteiger partial charge in [0, 0.05) is 11.0 Å². The van der Waals surface area contributed by atoms with Gasteiger partial charge in [0.2, 0.25) is 9.84 Å². The first-order valence-electron chi connectivity index (χ1n) is 9.55. The van der Waals surface area contributed by atoms with Crippen LogP contribution in [0.5, 0.6) is 5.75 Å². The summed E-state index contributed by atoms with van der Waals surface area (Å²) >= 11 is 13.0. The van der Waals surface area contributed by atoms with E-state index in [4.69, 9.17) is 23.2 Å². The predicted molar refractivity (Wildman–Crippen MR) is 132 cm³/mol. The minimum atomic E-state index is -4.54. The number of carbonyl (C=O) groups is 2. The lowest BCUT2D eigenvalue weighted by atomic mass is 10.1. The van der Waals surface area contributed by atoms with Crippen LogP contribution in [0, 0.1) is 10.1 Å². The zero-order chi connectivity index (χ0) is 25.5. The summed E-state index contributed by atoms with van der Waals surface area (Å²) in [5.41, 5.74) is -0.399. The number of nitrogens with one attached hydrogen (secondary N) is 1. The third-order valence-electron chi connectivity index (χ3n) is 4.86. The normalized spacial score (nSPS) is 14.3. The highest BCUT2D eigenvalue weighted by Crippen LogP contribution is 2.41. The Kier molecular flexibility index (Phi) is 6.60. The highest BCUT2D eigenvalue weighted by atomic mass is 35.5. The maximum atomic E-state index is 13.0. The van der Waals surface area contributed by atoms with Crippen LogP contribution in [-0.4, -0.2) is 29.5 Å². The smallest absolute Gasteiger partial charge is 0.311 e. The van der Waals surface area contributed by atoms with Gasteiger partial charge in [0.1, 0.15) is 0 Å². The van der Waals surface area contributed by atoms with Crippen molar-refractivity contribution in [3.8, 4) is 5.75 Å². The Morgan fingerprint density at radius 3 is 2.43 bits per heavy atom. The van der Waals surface area contributed by atoms with Gasteiger partial charge in [-0.3, -0.25) is 19.7 Å². The lowest BCUT2D eigenvalue weighted by molar-refractivity contribution is -0.385. The summed E-state index contributed by atoms with van der Waals surface area (Å²) < 4.78 is 25.9. The Bertz CT molecular complexity index is 1550. The Morgan fingerprint density at radius 1 is 1.09 bits per heavy atom. The SMILES string of the molecule is O=C1Nc2cc(S(=O)(=O)C(=O)c3c(Cl)cccc3Cl)ccc2S/C1=C\c1ccc(O)c([N+](=O)[O-])c1. The van der Waals surface area contributed by atoms with Crippen molar-refractivity contribution in [3.63, 3.8) is 0 Å². The van der Waals surface area contributed by atoms with Gasteiger partial charge in [-0.15, -0.1) is 0 Å². The van der Waals surface area contributed by atoms with Crippen molar-refractivity contribution in [3.05, 3.63) is 90.8 Å². The first-order chi connectivity index (χ1) is 16.5. The van der Waals surface area contributed by atoms with Crippen LogP contribution in [0.3, 0.4) is 0 Å². The van der Waals surface area contributed by atoms with Crippen LogP contribution in [0.25, 0.3) is 6.08 Å². The average Bonchev–Trinajstić information content (AvgIpc) is 2.80. The Hall–Kier alpha value is -3.38. The van der Waals surface area contributed by atoms with Gasteiger partial charge in [-0.1, -0.05) is 47.1 Å². The summed E-state index contributed by atoms with van der Waals surface area (Å²) in [6, 6.07) is 11.6. The number of aromatic hydroxyl groups is 1. The molecule has 3 aromatic carbocycles. The molecule has 4 rings (SSSR count). The summed E-state index contributed by atoms with van der Waals surface area (Å²) in [5, 5.41) is 21.7. The molecule has 0 bridgehead atoms. The van der Waals surface area contributed by atoms with E-state index in [1.807, 2.05) is 0 Å². The number of rotatable bonds is 4. The zero-order valence-corrected chi connectivity index (χ0v) is 20.3. The van der Waals surface area contributed by atoms with Crippen molar-refractivity contribution in [1.29, 1.82) is 0 Å². The fourth-order valence-electron chi connectivity index (χ4n) is 3.17. The molecule has 178 valence electrons. The molecule has 0 fully saturated rings. The Labute approximate surface area is 212 Å². The molecule has 0 saturated heterocycles. The molecule has 1 amide bonds. The van der Waals surface area contributed by atoms with Gasteiger partial charge >= 0.3 is 5.69 Å². The lowest BCUT2D eigenvalue weighted by Gasteiger charge is -2.19. The molecule has 0 atom stereocenters. The second kappa shape index (κ2) is 9.34. The highest BCUT2D eigenvalue weighted by Gasteiger charge is 2.32. The molecule has 0 spiro atoms. The monoisotopic (exact) mass is 550 g/mol. The third-order valence-corrected chi connectivity index (χ3v) is 8.15. The van der Waals surface area contributed by atoms with Gasteiger partial charge in [0.15, 0.2) is 5.75 Å². The summed E-state index contributed by atoms with van der Waals surface area (Å²) in [7, 11) is -4.54. The molecular weight excluding hydrogens is 539 g/mol. The molecule has 1 aliphatic rings. The van der Waals surface area contributed by atoms with Crippen molar-refractivity contribution in [2.75, 3.05) is 5.32 Å². The number of sulfone groups is 1. The molecule has 13 heteroatoms. The van der Waals surface area contributed by atoms with E-state index >= 15 is 0 Å². The molecule has 3 aromatic rings. The number of phenols is 1. The number of phenolic OH excluding ortho intramolecular Hbond substituents is 1. The van der Waals surface area contributed by atoms with Crippen LogP contribution < -0.4 is 5.32 Å². The Morgan fingerprint density at radius 2 is 1.77 bits per heavy atom. The van der Waals surface area contributed by atoms with Gasteiger partial charge in [-0.25, -0.2) is 8.42 Å². The van der Waals surface area contributed by atoms with Crippen molar-refractivity contribution < 1.29 is 28.0 Å². The van der Waals surface area contributed by atoms with Crippen molar-refractivity contribution in [1.82, 2.24) is 0 Å². The number of fused-ring (bicyclic) bond motifs is 1. The minimum absolute atomic E-state index is 0.114. The maximum absolute atomic E-state index is 13.0.